The number of ether oxygens (including phenoxy) is 1. The average molecular weight is 438 g/mol. The van der Waals surface area contributed by atoms with Crippen LogP contribution in [-0.4, -0.2) is 52.5 Å². The first kappa shape index (κ1) is 23.3. The number of hydrogen-bond acceptors (Lipinski definition) is 4. The van der Waals surface area contributed by atoms with Crippen LogP contribution in [0.15, 0.2) is 71.5 Å². The fraction of sp³-hybridized carbons (Fsp3) is 0.360. The summed E-state index contributed by atoms with van der Waals surface area (Å²) in [5, 5.41) is 0. The molecule has 2 aromatic heterocycles. The van der Waals surface area contributed by atoms with Crippen LogP contribution in [0.2, 0.25) is 0 Å². The Morgan fingerprint density at radius 3 is 2.47 bits per heavy atom. The molecule has 2 amide bonds. The number of carbonyl (C=O) groups is 2. The smallest absolute Gasteiger partial charge is 0.290 e. The van der Waals surface area contributed by atoms with Crippen molar-refractivity contribution in [3.63, 3.8) is 0 Å². The lowest BCUT2D eigenvalue weighted by molar-refractivity contribution is -0.133. The summed E-state index contributed by atoms with van der Waals surface area (Å²) in [6, 6.07) is 17.1. The maximum absolute atomic E-state index is 13.4. The highest BCUT2D eigenvalue weighted by Crippen LogP contribution is 2.13. The summed E-state index contributed by atoms with van der Waals surface area (Å²) in [6.07, 6.45) is 4.07. The number of amides is 2. The number of carbonyl (C=O) groups excluding carboxylic acids is 2. The predicted octanol–water partition coefficient (Wildman–Crippen LogP) is 3.72. The van der Waals surface area contributed by atoms with Gasteiger partial charge in [-0.3, -0.25) is 9.59 Å². The van der Waals surface area contributed by atoms with Crippen molar-refractivity contribution >= 4 is 11.8 Å². The van der Waals surface area contributed by atoms with Gasteiger partial charge in [-0.2, -0.15) is 0 Å². The Bertz CT molecular complexity index is 966. The van der Waals surface area contributed by atoms with E-state index in [2.05, 4.69) is 0 Å². The van der Waals surface area contributed by atoms with Crippen LogP contribution in [0.1, 0.15) is 35.2 Å². The third kappa shape index (κ3) is 6.59. The molecular formula is C25H31N3O4. The molecule has 1 aromatic carbocycles. The van der Waals surface area contributed by atoms with Gasteiger partial charge in [0.25, 0.3) is 5.91 Å². The van der Waals surface area contributed by atoms with Crippen molar-refractivity contribution in [2.75, 3.05) is 26.3 Å². The van der Waals surface area contributed by atoms with Crippen LogP contribution in [-0.2, 0) is 29.7 Å². The third-order valence-electron chi connectivity index (χ3n) is 5.24. The van der Waals surface area contributed by atoms with Gasteiger partial charge in [0, 0.05) is 45.2 Å². The highest BCUT2D eigenvalue weighted by molar-refractivity contribution is 5.94. The second-order valence-electron chi connectivity index (χ2n) is 7.60. The molecule has 0 unspecified atom stereocenters. The van der Waals surface area contributed by atoms with E-state index >= 15 is 0 Å². The quantitative estimate of drug-likeness (QED) is 0.405. The van der Waals surface area contributed by atoms with Crippen LogP contribution in [0.4, 0.5) is 0 Å². The second-order valence-corrected chi connectivity index (χ2v) is 7.60. The van der Waals surface area contributed by atoms with Crippen LogP contribution in [0.5, 0.6) is 0 Å². The van der Waals surface area contributed by atoms with E-state index in [4.69, 9.17) is 9.15 Å². The molecule has 0 saturated heterocycles. The molecule has 0 aliphatic heterocycles. The average Bonchev–Trinajstić information content (AvgIpc) is 3.48. The molecule has 0 radical (unpaired) electrons. The first-order valence-electron chi connectivity index (χ1n) is 10.9. The van der Waals surface area contributed by atoms with Crippen molar-refractivity contribution in [2.45, 2.75) is 26.4 Å². The summed E-state index contributed by atoms with van der Waals surface area (Å²) < 4.78 is 12.7. The molecule has 0 aliphatic rings. The Morgan fingerprint density at radius 1 is 1.00 bits per heavy atom. The van der Waals surface area contributed by atoms with Crippen LogP contribution < -0.4 is 0 Å². The fourth-order valence-electron chi connectivity index (χ4n) is 3.47. The third-order valence-corrected chi connectivity index (χ3v) is 5.24. The Balaban J connectivity index is 1.76. The number of benzene rings is 1. The zero-order valence-electron chi connectivity index (χ0n) is 18.8. The van der Waals surface area contributed by atoms with Crippen molar-refractivity contribution in [3.8, 4) is 0 Å². The van der Waals surface area contributed by atoms with Gasteiger partial charge in [-0.1, -0.05) is 30.3 Å². The van der Waals surface area contributed by atoms with Gasteiger partial charge >= 0.3 is 0 Å². The molecule has 3 aromatic rings. The topological polar surface area (TPSA) is 67.9 Å². The number of rotatable bonds is 12. The van der Waals surface area contributed by atoms with Crippen LogP contribution in [0.25, 0.3) is 0 Å². The van der Waals surface area contributed by atoms with Gasteiger partial charge in [0.1, 0.15) is 6.54 Å². The van der Waals surface area contributed by atoms with Crippen LogP contribution in [0, 0.1) is 0 Å². The summed E-state index contributed by atoms with van der Waals surface area (Å²) >= 11 is 0. The van der Waals surface area contributed by atoms with Crippen molar-refractivity contribution in [1.82, 2.24) is 14.4 Å². The Morgan fingerprint density at radius 2 is 1.81 bits per heavy atom. The maximum atomic E-state index is 13.4. The summed E-state index contributed by atoms with van der Waals surface area (Å²) in [5.41, 5.74) is 2.06. The Hall–Kier alpha value is -3.32. The lowest BCUT2D eigenvalue weighted by Crippen LogP contribution is -2.43. The van der Waals surface area contributed by atoms with Crippen LogP contribution in [0.3, 0.4) is 0 Å². The van der Waals surface area contributed by atoms with Crippen molar-refractivity contribution in [3.05, 3.63) is 84.1 Å². The summed E-state index contributed by atoms with van der Waals surface area (Å²) in [6.45, 7) is 4.39. The van der Waals surface area contributed by atoms with E-state index in [0.717, 1.165) is 11.3 Å². The SMILES string of the molecule is CCOCCCN(CC(=O)N(Cc1ccccc1)Cc1cccn1C)C(=O)c1ccco1. The van der Waals surface area contributed by atoms with Gasteiger partial charge in [-0.25, -0.2) is 0 Å². The van der Waals surface area contributed by atoms with E-state index in [0.29, 0.717) is 39.3 Å². The molecule has 7 nitrogen and oxygen atoms in total. The van der Waals surface area contributed by atoms with Gasteiger partial charge in [0.2, 0.25) is 5.91 Å². The van der Waals surface area contributed by atoms with E-state index < -0.39 is 0 Å². The Labute approximate surface area is 189 Å². The second kappa shape index (κ2) is 11.9. The summed E-state index contributed by atoms with van der Waals surface area (Å²) in [7, 11) is 1.96. The molecule has 0 aliphatic carbocycles. The number of furan rings is 1. The van der Waals surface area contributed by atoms with Gasteiger partial charge in [-0.05, 0) is 43.2 Å². The minimum atomic E-state index is -0.293. The molecule has 0 bridgehead atoms. The number of aromatic nitrogens is 1. The van der Waals surface area contributed by atoms with E-state index in [1.165, 1.54) is 6.26 Å². The Kier molecular flexibility index (Phi) is 8.69. The van der Waals surface area contributed by atoms with E-state index in [1.807, 2.05) is 67.2 Å². The molecule has 0 atom stereocenters. The maximum Gasteiger partial charge on any atom is 0.290 e. The lowest BCUT2D eigenvalue weighted by atomic mass is 10.2. The molecule has 170 valence electrons. The molecular weight excluding hydrogens is 406 g/mol. The summed E-state index contributed by atoms with van der Waals surface area (Å²) in [4.78, 5) is 29.7. The highest BCUT2D eigenvalue weighted by atomic mass is 16.5. The fourth-order valence-corrected chi connectivity index (χ4v) is 3.47. The first-order valence-corrected chi connectivity index (χ1v) is 10.9. The molecule has 0 saturated carbocycles. The van der Waals surface area contributed by atoms with E-state index in [1.54, 1.807) is 21.9 Å². The molecule has 0 fully saturated rings. The minimum Gasteiger partial charge on any atom is -0.459 e. The molecule has 32 heavy (non-hydrogen) atoms. The normalized spacial score (nSPS) is 10.8. The molecule has 3 rings (SSSR count). The number of aryl methyl sites for hydroxylation is 1. The highest BCUT2D eigenvalue weighted by Gasteiger charge is 2.24. The van der Waals surface area contributed by atoms with Crippen molar-refractivity contribution in [2.24, 2.45) is 7.05 Å². The van der Waals surface area contributed by atoms with Gasteiger partial charge in [0.05, 0.1) is 12.8 Å². The standard InChI is InChI=1S/C25H31N3O4/c1-3-31-16-9-15-27(25(30)23-13-8-17-32-23)20-24(29)28(18-21-10-5-4-6-11-21)19-22-12-7-14-26(22)2/h4-8,10-14,17H,3,9,15-16,18-20H2,1-2H3. The van der Waals surface area contributed by atoms with Gasteiger partial charge < -0.3 is 23.5 Å². The predicted molar refractivity (Wildman–Crippen MR) is 122 cm³/mol. The molecule has 7 heteroatoms. The zero-order chi connectivity index (χ0) is 22.8. The number of hydrogen-bond donors (Lipinski definition) is 0. The molecule has 0 spiro atoms. The summed E-state index contributed by atoms with van der Waals surface area (Å²) in [5.74, 6) is -0.184. The monoisotopic (exact) mass is 437 g/mol. The molecule has 2 heterocycles. The number of nitrogens with zero attached hydrogens (tertiary/aromatic N) is 3. The first-order chi connectivity index (χ1) is 15.6. The van der Waals surface area contributed by atoms with Gasteiger partial charge in [-0.15, -0.1) is 0 Å². The minimum absolute atomic E-state index is 0.0249. The largest absolute Gasteiger partial charge is 0.459 e. The van der Waals surface area contributed by atoms with Gasteiger partial charge in [0.15, 0.2) is 5.76 Å². The van der Waals surface area contributed by atoms with Crippen LogP contribution >= 0.6 is 0 Å². The zero-order valence-corrected chi connectivity index (χ0v) is 18.8. The van der Waals surface area contributed by atoms with E-state index in [-0.39, 0.29) is 24.1 Å². The van der Waals surface area contributed by atoms with E-state index in [9.17, 15) is 9.59 Å². The van der Waals surface area contributed by atoms with Crippen molar-refractivity contribution in [1.29, 1.82) is 0 Å². The van der Waals surface area contributed by atoms with Crippen molar-refractivity contribution < 1.29 is 18.7 Å². The lowest BCUT2D eigenvalue weighted by Gasteiger charge is -2.28. The molecule has 0 N–H and O–H groups in total.